The quantitative estimate of drug-likeness (QED) is 0.826. The summed E-state index contributed by atoms with van der Waals surface area (Å²) in [6, 6.07) is 9.85. The van der Waals surface area contributed by atoms with Crippen molar-refractivity contribution in [3.05, 3.63) is 35.9 Å². The number of nitrogens with one attached hydrogen (secondary N) is 2. The molecular formula is C14H23N3O2S. The van der Waals surface area contributed by atoms with Gasteiger partial charge in [0.1, 0.15) is 0 Å². The number of rotatable bonds is 6. The number of nitrogens with zero attached hydrogens (tertiary/aromatic N) is 1. The summed E-state index contributed by atoms with van der Waals surface area (Å²) in [5, 5.41) is 3.33. The maximum absolute atomic E-state index is 12.2. The van der Waals surface area contributed by atoms with Crippen LogP contribution in [0, 0.1) is 0 Å². The third kappa shape index (κ3) is 4.56. The van der Waals surface area contributed by atoms with Crippen molar-refractivity contribution in [2.75, 3.05) is 20.1 Å². The average Bonchev–Trinajstić information content (AvgIpc) is 2.47. The molecule has 1 aliphatic heterocycles. The minimum Gasteiger partial charge on any atom is -0.313 e. The fourth-order valence-electron chi connectivity index (χ4n) is 2.34. The van der Waals surface area contributed by atoms with Crippen molar-refractivity contribution in [3.63, 3.8) is 0 Å². The van der Waals surface area contributed by atoms with Crippen LogP contribution in [0.5, 0.6) is 0 Å². The summed E-state index contributed by atoms with van der Waals surface area (Å²) in [6.07, 6.45) is 3.38. The van der Waals surface area contributed by atoms with Gasteiger partial charge in [0, 0.05) is 26.2 Å². The molecule has 6 heteroatoms. The monoisotopic (exact) mass is 297 g/mol. The molecule has 0 radical (unpaired) electrons. The topological polar surface area (TPSA) is 61.4 Å². The van der Waals surface area contributed by atoms with Gasteiger partial charge in [-0.1, -0.05) is 36.8 Å². The molecule has 0 aliphatic carbocycles. The van der Waals surface area contributed by atoms with Crippen LogP contribution in [0.4, 0.5) is 0 Å². The van der Waals surface area contributed by atoms with E-state index < -0.39 is 10.2 Å². The molecule has 1 heterocycles. The first-order chi connectivity index (χ1) is 9.58. The van der Waals surface area contributed by atoms with E-state index in [1.165, 1.54) is 17.1 Å². The van der Waals surface area contributed by atoms with Gasteiger partial charge in [0.15, 0.2) is 0 Å². The lowest BCUT2D eigenvalue weighted by Gasteiger charge is -2.25. The Labute approximate surface area is 121 Å². The van der Waals surface area contributed by atoms with Crippen LogP contribution in [0.3, 0.4) is 0 Å². The summed E-state index contributed by atoms with van der Waals surface area (Å²) >= 11 is 0. The summed E-state index contributed by atoms with van der Waals surface area (Å²) in [4.78, 5) is 0. The van der Waals surface area contributed by atoms with E-state index in [-0.39, 0.29) is 6.04 Å². The summed E-state index contributed by atoms with van der Waals surface area (Å²) in [6.45, 7) is 1.82. The van der Waals surface area contributed by atoms with Crippen molar-refractivity contribution < 1.29 is 8.42 Å². The van der Waals surface area contributed by atoms with Crippen molar-refractivity contribution in [2.24, 2.45) is 0 Å². The van der Waals surface area contributed by atoms with E-state index in [1.54, 1.807) is 7.05 Å². The Balaban J connectivity index is 1.85. The molecule has 0 aromatic heterocycles. The van der Waals surface area contributed by atoms with Gasteiger partial charge in [-0.15, -0.1) is 0 Å². The first-order valence-electron chi connectivity index (χ1n) is 7.06. The first kappa shape index (κ1) is 15.4. The molecule has 0 saturated carbocycles. The number of hydrogen-bond donors (Lipinski definition) is 2. The van der Waals surface area contributed by atoms with Gasteiger partial charge < -0.3 is 5.32 Å². The van der Waals surface area contributed by atoms with Crippen molar-refractivity contribution in [3.8, 4) is 0 Å². The minimum atomic E-state index is -3.41. The molecular weight excluding hydrogens is 274 g/mol. The minimum absolute atomic E-state index is 0.253. The molecule has 2 rings (SSSR count). The summed E-state index contributed by atoms with van der Waals surface area (Å²) in [5.74, 6) is 0. The van der Waals surface area contributed by atoms with E-state index in [0.717, 1.165) is 18.5 Å². The summed E-state index contributed by atoms with van der Waals surface area (Å²) < 4.78 is 28.4. The molecule has 1 atom stereocenters. The molecule has 5 nitrogen and oxygen atoms in total. The fraction of sp³-hybridized carbons (Fsp3) is 0.571. The lowest BCUT2D eigenvalue weighted by atomic mass is 10.1. The zero-order valence-electron chi connectivity index (χ0n) is 11.9. The van der Waals surface area contributed by atoms with Crippen LogP contribution >= 0.6 is 0 Å². The zero-order valence-corrected chi connectivity index (χ0v) is 12.7. The molecule has 0 bridgehead atoms. The van der Waals surface area contributed by atoms with Gasteiger partial charge in [-0.2, -0.15) is 12.7 Å². The predicted octanol–water partition coefficient (Wildman–Crippen LogP) is 1.09. The largest absolute Gasteiger partial charge is 0.313 e. The maximum atomic E-state index is 12.2. The molecule has 112 valence electrons. The van der Waals surface area contributed by atoms with Crippen LogP contribution < -0.4 is 10.0 Å². The molecule has 1 saturated heterocycles. The molecule has 0 spiro atoms. The zero-order chi connectivity index (χ0) is 14.4. The maximum Gasteiger partial charge on any atom is 0.279 e. The third-order valence-electron chi connectivity index (χ3n) is 3.58. The lowest BCUT2D eigenvalue weighted by molar-refractivity contribution is 0.390. The van der Waals surface area contributed by atoms with E-state index in [2.05, 4.69) is 10.0 Å². The van der Waals surface area contributed by atoms with Gasteiger partial charge in [-0.3, -0.25) is 0 Å². The van der Waals surface area contributed by atoms with Crippen molar-refractivity contribution >= 4 is 10.2 Å². The molecule has 2 N–H and O–H groups in total. The van der Waals surface area contributed by atoms with E-state index in [9.17, 15) is 8.42 Å². The van der Waals surface area contributed by atoms with E-state index in [0.29, 0.717) is 13.1 Å². The van der Waals surface area contributed by atoms with Crippen LogP contribution in [-0.2, 0) is 16.8 Å². The van der Waals surface area contributed by atoms with Crippen LogP contribution in [0.25, 0.3) is 0 Å². The normalized spacial score (nSPS) is 20.2. The van der Waals surface area contributed by atoms with Gasteiger partial charge in [0.05, 0.1) is 0 Å². The second-order valence-electron chi connectivity index (χ2n) is 5.24. The second-order valence-corrected chi connectivity index (χ2v) is 7.10. The van der Waals surface area contributed by atoms with Crippen LogP contribution in [-0.4, -0.2) is 38.9 Å². The smallest absolute Gasteiger partial charge is 0.279 e. The standard InChI is InChI=1S/C14H23N3O2S/c1-17(12-13-7-3-2-4-8-13)20(18,19)16-11-14-9-5-6-10-15-14/h2-4,7-8,14-16H,5-6,9-12H2,1H3. The van der Waals surface area contributed by atoms with Crippen molar-refractivity contribution in [2.45, 2.75) is 31.8 Å². The average molecular weight is 297 g/mol. The van der Waals surface area contributed by atoms with E-state index >= 15 is 0 Å². The number of hydrogen-bond acceptors (Lipinski definition) is 3. The van der Waals surface area contributed by atoms with Gasteiger partial charge in [-0.05, 0) is 24.9 Å². The van der Waals surface area contributed by atoms with Crippen molar-refractivity contribution in [1.82, 2.24) is 14.3 Å². The van der Waals surface area contributed by atoms with Gasteiger partial charge in [-0.25, -0.2) is 4.72 Å². The van der Waals surface area contributed by atoms with E-state index in [4.69, 9.17) is 0 Å². The third-order valence-corrected chi connectivity index (χ3v) is 5.06. The van der Waals surface area contributed by atoms with Crippen LogP contribution in [0.15, 0.2) is 30.3 Å². The lowest BCUT2D eigenvalue weighted by Crippen LogP contribution is -2.46. The highest BCUT2D eigenvalue weighted by Crippen LogP contribution is 2.08. The highest BCUT2D eigenvalue weighted by atomic mass is 32.2. The SMILES string of the molecule is CN(Cc1ccccc1)S(=O)(=O)NCC1CCCCN1. The molecule has 1 aromatic rings. The highest BCUT2D eigenvalue weighted by Gasteiger charge is 2.20. The Morgan fingerprint density at radius 2 is 2.05 bits per heavy atom. The number of benzene rings is 1. The van der Waals surface area contributed by atoms with Crippen molar-refractivity contribution in [1.29, 1.82) is 0 Å². The van der Waals surface area contributed by atoms with Gasteiger partial charge in [0.25, 0.3) is 10.2 Å². The Bertz CT molecular complexity index is 498. The molecule has 1 fully saturated rings. The molecule has 20 heavy (non-hydrogen) atoms. The Morgan fingerprint density at radius 1 is 1.30 bits per heavy atom. The molecule has 1 unspecified atom stereocenters. The number of piperidine rings is 1. The first-order valence-corrected chi connectivity index (χ1v) is 8.50. The highest BCUT2D eigenvalue weighted by molar-refractivity contribution is 7.87. The Kier molecular flexibility index (Phi) is 5.54. The van der Waals surface area contributed by atoms with Gasteiger partial charge in [0.2, 0.25) is 0 Å². The van der Waals surface area contributed by atoms with Gasteiger partial charge >= 0.3 is 0 Å². The molecule has 0 amide bonds. The second kappa shape index (κ2) is 7.17. The Morgan fingerprint density at radius 3 is 2.70 bits per heavy atom. The molecule has 1 aliphatic rings. The Hall–Kier alpha value is -0.950. The van der Waals surface area contributed by atoms with Crippen LogP contribution in [0.1, 0.15) is 24.8 Å². The summed E-state index contributed by atoms with van der Waals surface area (Å²) in [5.41, 5.74) is 0.983. The van der Waals surface area contributed by atoms with Crippen LogP contribution in [0.2, 0.25) is 0 Å². The predicted molar refractivity (Wildman–Crippen MR) is 80.5 cm³/mol. The molecule has 1 aromatic carbocycles. The van der Waals surface area contributed by atoms with E-state index in [1.807, 2.05) is 30.3 Å². The fourth-order valence-corrected chi connectivity index (χ4v) is 3.29. The summed E-state index contributed by atoms with van der Waals surface area (Å²) in [7, 11) is -1.81.